The summed E-state index contributed by atoms with van der Waals surface area (Å²) in [6, 6.07) is 17.8. The van der Waals surface area contributed by atoms with Crippen LogP contribution >= 0.6 is 0 Å². The van der Waals surface area contributed by atoms with Crippen LogP contribution in [0.3, 0.4) is 0 Å². The molecule has 3 rings (SSSR count). The summed E-state index contributed by atoms with van der Waals surface area (Å²) in [7, 11) is -3.30. The van der Waals surface area contributed by atoms with Crippen LogP contribution in [0, 0.1) is 11.3 Å². The highest BCUT2D eigenvalue weighted by molar-refractivity contribution is 7.90. The second-order valence-electron chi connectivity index (χ2n) is 5.36. The molecule has 124 valence electrons. The summed E-state index contributed by atoms with van der Waals surface area (Å²) in [6.07, 6.45) is 2.59. The third-order valence-electron chi connectivity index (χ3n) is 3.47. The van der Waals surface area contributed by atoms with E-state index in [4.69, 9.17) is 0 Å². The van der Waals surface area contributed by atoms with Gasteiger partial charge >= 0.3 is 0 Å². The van der Waals surface area contributed by atoms with Crippen molar-refractivity contribution in [2.24, 2.45) is 0 Å². The Morgan fingerprint density at radius 1 is 1.08 bits per heavy atom. The zero-order valence-corrected chi connectivity index (χ0v) is 14.2. The minimum Gasteiger partial charge on any atom is -0.324 e. The average molecular weight is 350 g/mol. The lowest BCUT2D eigenvalue weighted by Gasteiger charge is -2.09. The van der Waals surface area contributed by atoms with E-state index >= 15 is 0 Å². The molecule has 0 amide bonds. The number of rotatable bonds is 4. The molecule has 7 heteroatoms. The van der Waals surface area contributed by atoms with Crippen molar-refractivity contribution in [3.63, 3.8) is 0 Å². The van der Waals surface area contributed by atoms with Gasteiger partial charge in [0.25, 0.3) is 0 Å². The molecule has 0 aliphatic carbocycles. The molecular weight excluding hydrogens is 336 g/mol. The van der Waals surface area contributed by atoms with Crippen molar-refractivity contribution in [1.82, 2.24) is 9.97 Å². The first-order valence-electron chi connectivity index (χ1n) is 7.37. The minimum absolute atomic E-state index is 0.203. The Kier molecular flexibility index (Phi) is 4.46. The maximum Gasteiger partial charge on any atom is 0.227 e. The van der Waals surface area contributed by atoms with Gasteiger partial charge in [-0.25, -0.2) is 18.4 Å². The second kappa shape index (κ2) is 6.71. The Labute approximate surface area is 145 Å². The van der Waals surface area contributed by atoms with Gasteiger partial charge < -0.3 is 5.32 Å². The number of anilines is 2. The SMILES string of the molecule is CS(=O)(=O)c1cccc(Nc2ncc(C#N)c(-c3ccccc3)n2)c1. The van der Waals surface area contributed by atoms with E-state index < -0.39 is 9.84 Å². The van der Waals surface area contributed by atoms with Crippen LogP contribution in [0.1, 0.15) is 5.56 Å². The molecule has 0 aliphatic rings. The average Bonchev–Trinajstić information content (AvgIpc) is 2.62. The molecule has 6 nitrogen and oxygen atoms in total. The third-order valence-corrected chi connectivity index (χ3v) is 4.59. The van der Waals surface area contributed by atoms with Crippen LogP contribution in [0.25, 0.3) is 11.3 Å². The normalized spacial score (nSPS) is 10.9. The summed E-state index contributed by atoms with van der Waals surface area (Å²) in [5.74, 6) is 0.281. The Hall–Kier alpha value is -3.24. The van der Waals surface area contributed by atoms with E-state index in [1.807, 2.05) is 30.3 Å². The molecule has 0 radical (unpaired) electrons. The molecule has 0 aliphatic heterocycles. The highest BCUT2D eigenvalue weighted by Gasteiger charge is 2.11. The van der Waals surface area contributed by atoms with Crippen molar-refractivity contribution in [3.8, 4) is 17.3 Å². The van der Waals surface area contributed by atoms with Crippen molar-refractivity contribution in [2.75, 3.05) is 11.6 Å². The van der Waals surface area contributed by atoms with E-state index in [1.54, 1.807) is 12.1 Å². The van der Waals surface area contributed by atoms with Crippen molar-refractivity contribution in [2.45, 2.75) is 4.90 Å². The van der Waals surface area contributed by atoms with Crippen LogP contribution in [0.5, 0.6) is 0 Å². The summed E-state index contributed by atoms with van der Waals surface area (Å²) in [4.78, 5) is 8.74. The molecule has 1 aromatic heterocycles. The maximum absolute atomic E-state index is 11.7. The van der Waals surface area contributed by atoms with Crippen molar-refractivity contribution in [1.29, 1.82) is 5.26 Å². The summed E-state index contributed by atoms with van der Waals surface area (Å²) >= 11 is 0. The van der Waals surface area contributed by atoms with Gasteiger partial charge in [-0.3, -0.25) is 0 Å². The van der Waals surface area contributed by atoms with Crippen LogP contribution in [0.4, 0.5) is 11.6 Å². The molecular formula is C18H14N4O2S. The largest absolute Gasteiger partial charge is 0.324 e. The molecule has 1 N–H and O–H groups in total. The third kappa shape index (κ3) is 3.82. The molecule has 2 aromatic carbocycles. The maximum atomic E-state index is 11.7. The van der Waals surface area contributed by atoms with Crippen molar-refractivity contribution < 1.29 is 8.42 Å². The Balaban J connectivity index is 1.99. The summed E-state index contributed by atoms with van der Waals surface area (Å²) in [6.45, 7) is 0. The predicted molar refractivity (Wildman–Crippen MR) is 95.0 cm³/mol. The standard InChI is InChI=1S/C18H14N4O2S/c1-25(23,24)16-9-5-8-15(10-16)21-18-20-12-14(11-19)17(22-18)13-6-3-2-4-7-13/h2-10,12H,1H3,(H,20,21,22). The zero-order valence-electron chi connectivity index (χ0n) is 13.3. The first kappa shape index (κ1) is 16.6. The lowest BCUT2D eigenvalue weighted by atomic mass is 10.1. The highest BCUT2D eigenvalue weighted by atomic mass is 32.2. The Morgan fingerprint density at radius 2 is 1.84 bits per heavy atom. The number of aromatic nitrogens is 2. The van der Waals surface area contributed by atoms with Gasteiger partial charge in [-0.1, -0.05) is 36.4 Å². The van der Waals surface area contributed by atoms with E-state index in [0.29, 0.717) is 16.9 Å². The van der Waals surface area contributed by atoms with Crippen LogP contribution in [0.15, 0.2) is 65.7 Å². The fourth-order valence-corrected chi connectivity index (χ4v) is 2.94. The first-order chi connectivity index (χ1) is 12.0. The van der Waals surface area contributed by atoms with Gasteiger partial charge in [0.05, 0.1) is 22.3 Å². The highest BCUT2D eigenvalue weighted by Crippen LogP contribution is 2.23. The summed E-state index contributed by atoms with van der Waals surface area (Å²) in [5.41, 5.74) is 2.22. The van der Waals surface area contributed by atoms with Crippen molar-refractivity contribution >= 4 is 21.5 Å². The molecule has 0 fully saturated rings. The quantitative estimate of drug-likeness (QED) is 0.776. The number of sulfone groups is 1. The number of benzene rings is 2. The van der Waals surface area contributed by atoms with E-state index in [-0.39, 0.29) is 10.8 Å². The molecule has 0 spiro atoms. The summed E-state index contributed by atoms with van der Waals surface area (Å²) < 4.78 is 23.3. The number of nitrogens with zero attached hydrogens (tertiary/aromatic N) is 3. The van der Waals surface area contributed by atoms with Gasteiger partial charge in [-0.2, -0.15) is 5.26 Å². The van der Waals surface area contributed by atoms with Crippen molar-refractivity contribution in [3.05, 3.63) is 66.4 Å². The lowest BCUT2D eigenvalue weighted by molar-refractivity contribution is 0.602. The van der Waals surface area contributed by atoms with E-state index in [0.717, 1.165) is 11.8 Å². The van der Waals surface area contributed by atoms with E-state index in [1.165, 1.54) is 18.3 Å². The number of nitrogens with one attached hydrogen (secondary N) is 1. The van der Waals surface area contributed by atoms with Gasteiger partial charge in [0, 0.05) is 17.5 Å². The van der Waals surface area contributed by atoms with Gasteiger partial charge in [-0.05, 0) is 18.2 Å². The number of hydrogen-bond donors (Lipinski definition) is 1. The minimum atomic E-state index is -3.30. The Bertz CT molecular complexity index is 1060. The number of hydrogen-bond acceptors (Lipinski definition) is 6. The fraction of sp³-hybridized carbons (Fsp3) is 0.0556. The topological polar surface area (TPSA) is 95.7 Å². The molecule has 25 heavy (non-hydrogen) atoms. The summed E-state index contributed by atoms with van der Waals surface area (Å²) in [5, 5.41) is 12.3. The monoisotopic (exact) mass is 350 g/mol. The first-order valence-corrected chi connectivity index (χ1v) is 9.26. The molecule has 0 saturated heterocycles. The molecule has 0 atom stereocenters. The predicted octanol–water partition coefficient (Wildman–Crippen LogP) is 3.16. The van der Waals surface area contributed by atoms with E-state index in [2.05, 4.69) is 21.4 Å². The fourth-order valence-electron chi connectivity index (χ4n) is 2.27. The van der Waals surface area contributed by atoms with Crippen LogP contribution < -0.4 is 5.32 Å². The Morgan fingerprint density at radius 3 is 2.52 bits per heavy atom. The number of nitriles is 1. The second-order valence-corrected chi connectivity index (χ2v) is 7.37. The van der Waals surface area contributed by atoms with Gasteiger partial charge in [0.2, 0.25) is 5.95 Å². The van der Waals surface area contributed by atoms with Gasteiger partial charge in [-0.15, -0.1) is 0 Å². The molecule has 0 saturated carbocycles. The van der Waals surface area contributed by atoms with Crippen LogP contribution in [0.2, 0.25) is 0 Å². The van der Waals surface area contributed by atoms with Crippen LogP contribution in [-0.2, 0) is 9.84 Å². The lowest BCUT2D eigenvalue weighted by Crippen LogP contribution is -2.02. The molecule has 3 aromatic rings. The van der Waals surface area contributed by atoms with Crippen LogP contribution in [-0.4, -0.2) is 24.6 Å². The molecule has 1 heterocycles. The molecule has 0 unspecified atom stereocenters. The zero-order chi connectivity index (χ0) is 17.9. The van der Waals surface area contributed by atoms with Gasteiger partial charge in [0.15, 0.2) is 9.84 Å². The van der Waals surface area contributed by atoms with Gasteiger partial charge in [0.1, 0.15) is 6.07 Å². The smallest absolute Gasteiger partial charge is 0.227 e. The molecule has 0 bridgehead atoms. The van der Waals surface area contributed by atoms with E-state index in [9.17, 15) is 13.7 Å².